The molecule has 4 aromatic carbocycles. The van der Waals surface area contributed by atoms with Crippen molar-refractivity contribution in [1.82, 2.24) is 88.8 Å². The Labute approximate surface area is 753 Å². The van der Waals surface area contributed by atoms with Crippen molar-refractivity contribution in [2.45, 2.75) is 178 Å². The minimum atomic E-state index is -5.06. The fourth-order valence-electron chi connectivity index (χ4n) is 12.8. The van der Waals surface area contributed by atoms with Crippen molar-refractivity contribution in [3.05, 3.63) is 148 Å². The molecule has 13 aromatic rings. The molecule has 9 heterocycles. The lowest BCUT2D eigenvalue weighted by Crippen LogP contribution is -2.23. The number of fused-ring (bicyclic) bond motifs is 3. The zero-order valence-electron chi connectivity index (χ0n) is 71.9. The summed E-state index contributed by atoms with van der Waals surface area (Å²) in [6.45, 7) is 24.8. The van der Waals surface area contributed by atoms with E-state index >= 15 is 0 Å². The molecule has 0 spiro atoms. The molecule has 13 rings (SSSR count). The fraction of sp³-hybridized carbons (Fsp3) is 0.315. The number of nitriles is 2. The third-order valence-corrected chi connectivity index (χ3v) is 25.7. The first-order chi connectivity index (χ1) is 61.1. The molecule has 13 N–H and O–H groups in total. The summed E-state index contributed by atoms with van der Waals surface area (Å²) < 4.78 is 234. The highest BCUT2D eigenvalue weighted by Crippen LogP contribution is 2.44. The number of carbonyl (C=O) groups excluding carboxylic acids is 1. The monoisotopic (exact) mass is 1970 g/mol. The van der Waals surface area contributed by atoms with E-state index in [-0.39, 0.29) is 105 Å². The van der Waals surface area contributed by atoms with Crippen LogP contribution in [0.4, 0.5) is 40.2 Å². The number of nitrogens with zero attached hydrogens (tertiary/aromatic N) is 23. The molecule has 1 unspecified atom stereocenters. The predicted molar refractivity (Wildman–Crippen MR) is 458 cm³/mol. The quantitative estimate of drug-likeness (QED) is 0.0152. The van der Waals surface area contributed by atoms with Crippen LogP contribution in [0, 0.1) is 36.5 Å². The topological polar surface area (TPSA) is 797 Å². The first-order valence-electron chi connectivity index (χ1n) is 37.9. The summed E-state index contributed by atoms with van der Waals surface area (Å²) in [5, 5.41) is 118. The Balaban J connectivity index is 0.000000194. The molecule has 0 radical (unpaired) electrons. The number of carboxylic acid groups (broad SMARTS) is 2. The smallest absolute Gasteiger partial charge is 0.394 e. The largest absolute Gasteiger partial charge is 0.481 e. The Hall–Kier alpha value is -13.9. The number of hydrogen-bond donors (Lipinski definition) is 13. The van der Waals surface area contributed by atoms with Gasteiger partial charge in [0.05, 0.1) is 66.4 Å². The Bertz CT molecular complexity index is 8010. The molecule has 133 heavy (non-hydrogen) atoms. The van der Waals surface area contributed by atoms with Gasteiger partial charge in [0, 0.05) is 46.4 Å². The Kier molecular flexibility index (Phi) is 26.7. The van der Waals surface area contributed by atoms with E-state index < -0.39 is 173 Å². The summed E-state index contributed by atoms with van der Waals surface area (Å²) in [5.41, 5.74) is -0.793. The van der Waals surface area contributed by atoms with E-state index in [9.17, 15) is 121 Å². The van der Waals surface area contributed by atoms with Gasteiger partial charge < -0.3 is 20.6 Å². The van der Waals surface area contributed by atoms with Gasteiger partial charge in [0.15, 0.2) is 61.8 Å². The van der Waals surface area contributed by atoms with Crippen LogP contribution in [0.3, 0.4) is 0 Å². The third kappa shape index (κ3) is 21.3. The van der Waals surface area contributed by atoms with Crippen molar-refractivity contribution < 1.29 is 116 Å². The summed E-state index contributed by atoms with van der Waals surface area (Å²) in [4.78, 5) is 32.8. The molecule has 1 amide bonds. The molecule has 0 bridgehead atoms. The lowest BCUT2D eigenvalue weighted by Gasteiger charge is -2.21. The Morgan fingerprint density at radius 1 is 0.496 bits per heavy atom. The van der Waals surface area contributed by atoms with Gasteiger partial charge in [0.25, 0.3) is 60.7 Å². The second kappa shape index (κ2) is 35.7. The van der Waals surface area contributed by atoms with Gasteiger partial charge >= 0.3 is 17.8 Å². The van der Waals surface area contributed by atoms with Crippen LogP contribution in [-0.2, 0) is 113 Å². The van der Waals surface area contributed by atoms with Crippen LogP contribution in [0.5, 0.6) is 0 Å². The normalized spacial score (nSPS) is 13.3. The molecule has 0 aliphatic carbocycles. The summed E-state index contributed by atoms with van der Waals surface area (Å²) in [6, 6.07) is 16.7. The maximum absolute atomic E-state index is 12.7. The number of anilines is 1. The number of sulfone groups is 1. The van der Waals surface area contributed by atoms with Crippen LogP contribution < -0.4 is 5.32 Å². The second-order valence-corrected chi connectivity index (χ2v) is 43.4. The van der Waals surface area contributed by atoms with E-state index in [1.165, 1.54) is 42.0 Å². The van der Waals surface area contributed by atoms with Crippen molar-refractivity contribution in [2.75, 3.05) is 11.6 Å². The molecular weight excluding hydrogens is 1900 g/mol. The van der Waals surface area contributed by atoms with Gasteiger partial charge in [-0.3, -0.25) is 52.2 Å². The van der Waals surface area contributed by atoms with Gasteiger partial charge in [-0.15, -0.1) is 56.2 Å². The molecule has 704 valence electrons. The van der Waals surface area contributed by atoms with E-state index in [1.807, 2.05) is 88.3 Å². The Morgan fingerprint density at radius 3 is 1.29 bits per heavy atom. The number of aliphatic hydroxyl groups excluding tert-OH is 1. The molecule has 0 fully saturated rings. The first-order valence-corrected chi connectivity index (χ1v) is 48.5. The standard InChI is InChI=1S/C27H27N9O11S3.C25H29N9O8S2.C21H23N9O7S2/c1-27(2,3)22-21(24-30-20(33-36(24)34-22)11-14-5-7-15(8-6-14)29-25(37)26(38)39)31-32-23-19(48(4,40)41)13-28-35(23)17-12-16(49(42,43)44)9-10-18(17)50(45,46)47;1-13-15(12-26)21(33(31-13)16-11-14(43(37,38)39)7-8-17(16)44(40,41)42)28-27-19-20(24(2,3)4)32-34-22(19)29-30-23(34)25(5,6)10-9-18(35)36;1-10-13(9-22)19(29(27-10)14-8-12(38(32,33)34)6-7-15(14)39(35,36)37)25-23-16-17(21(3,4)5)28-30-18(11(2)31)24-26-20(16)30/h5-10,12-13,34H,11H2,1-4H3,(H,29,37)(H,38,39)(H,42,43,44)(H,45,46,47);7-8,11,32H,9-10H2,1-6H3,(H,35,36)(H,37,38,39)(H,40,41,42);6-8,11,28,31H,1-5H3,(H,32,33,34)(H,35,36,37). The van der Waals surface area contributed by atoms with Gasteiger partial charge in [-0.2, -0.15) is 81.0 Å². The number of benzene rings is 4. The van der Waals surface area contributed by atoms with Gasteiger partial charge in [-0.1, -0.05) is 88.3 Å². The molecule has 0 saturated heterocycles. The number of aliphatic carboxylic acids is 2. The minimum absolute atomic E-state index is 0.0696. The average molecular weight is 1980 g/mol. The number of azo groups is 3. The third-order valence-electron chi connectivity index (χ3n) is 19.3. The van der Waals surface area contributed by atoms with E-state index in [4.69, 9.17) is 5.11 Å². The van der Waals surface area contributed by atoms with Gasteiger partial charge in [-0.25, -0.2) is 41.3 Å². The average Bonchev–Trinajstić information content (AvgIpc) is 1.58. The van der Waals surface area contributed by atoms with Crippen LogP contribution >= 0.6 is 0 Å². The number of amides is 1. The number of hydrogen-bond acceptors (Lipinski definition) is 35. The maximum Gasteiger partial charge on any atom is 0.394 e. The second-order valence-electron chi connectivity index (χ2n) is 33.0. The summed E-state index contributed by atoms with van der Waals surface area (Å²) in [6.07, 6.45) is 0.996. The lowest BCUT2D eigenvalue weighted by molar-refractivity contribution is -0.147. The van der Waals surface area contributed by atoms with E-state index in [0.29, 0.717) is 51.4 Å². The number of aromatic amines is 3. The lowest BCUT2D eigenvalue weighted by atomic mass is 9.87. The van der Waals surface area contributed by atoms with Gasteiger partial charge in [-0.05, 0) is 99.5 Å². The van der Waals surface area contributed by atoms with Crippen LogP contribution in [0.25, 0.3) is 34.0 Å². The van der Waals surface area contributed by atoms with Gasteiger partial charge in [0.2, 0.25) is 16.9 Å². The molecular formula is C73H79N27O26S7. The van der Waals surface area contributed by atoms with Gasteiger partial charge in [0.1, 0.15) is 49.0 Å². The number of aryl methyl sites for hydroxylation is 2. The highest BCUT2D eigenvalue weighted by atomic mass is 32.2. The molecule has 0 aliphatic heterocycles. The van der Waals surface area contributed by atoms with E-state index in [0.717, 1.165) is 58.2 Å². The Morgan fingerprint density at radius 2 is 0.895 bits per heavy atom. The zero-order valence-corrected chi connectivity index (χ0v) is 77.6. The molecule has 0 aliphatic rings. The number of nitrogens with one attached hydrogen (secondary N) is 4. The van der Waals surface area contributed by atoms with Crippen LogP contribution in [0.2, 0.25) is 0 Å². The molecule has 9 aromatic heterocycles. The van der Waals surface area contributed by atoms with E-state index in [1.54, 1.807) is 16.6 Å². The SMILES string of the molecule is CC(C)(C)c1[nH]n2nc(Cc3ccc(NC(=O)C(=O)O)cc3)nc2c1N=Nc1c(S(C)(=O)=O)cnn1-c1cc(S(=O)(=O)O)ccc1S(=O)(=O)O.Cc1nn(-c2cc(S(=O)(=O)O)ccc2S(=O)(=O)O)c(N=Nc2c(C(C)(C)C)[nH]n3c(C(C)(C)CCC(=O)O)nnc23)c1C#N.Cc1nn(-c2cc(S(=O)(=O)O)ccc2S(=O)(=O)O)c(N=Nc2c(C(C)(C)C)[nH]n3c(C(C)O)nnc23)c1C#N. The minimum Gasteiger partial charge on any atom is -0.481 e. The molecule has 53 nitrogen and oxygen atoms in total. The summed E-state index contributed by atoms with van der Waals surface area (Å²) in [5.74, 6) is -4.08. The van der Waals surface area contributed by atoms with Crippen LogP contribution in [0.1, 0.15) is 165 Å². The van der Waals surface area contributed by atoms with Crippen LogP contribution in [-0.4, -0.2) is 214 Å². The predicted octanol–water partition coefficient (Wildman–Crippen LogP) is 8.92. The molecule has 60 heteroatoms. The fourth-order valence-corrected chi connectivity index (χ4v) is 17.0. The number of aliphatic hydroxyl groups is 1. The maximum atomic E-state index is 12.7. The van der Waals surface area contributed by atoms with Crippen LogP contribution in [0.15, 0.2) is 150 Å². The summed E-state index contributed by atoms with van der Waals surface area (Å²) in [7, 11) is -33.6. The number of carbonyl (C=O) groups is 3. The molecule has 1 atom stereocenters. The highest BCUT2D eigenvalue weighted by molar-refractivity contribution is 7.91. The molecule has 0 saturated carbocycles. The van der Waals surface area contributed by atoms with Crippen molar-refractivity contribution >= 4 is 146 Å². The highest BCUT2D eigenvalue weighted by Gasteiger charge is 2.37. The van der Waals surface area contributed by atoms with Crippen molar-refractivity contribution in [2.24, 2.45) is 30.7 Å². The number of H-pyrrole nitrogens is 3. The zero-order chi connectivity index (χ0) is 99.0. The van der Waals surface area contributed by atoms with Crippen molar-refractivity contribution in [1.29, 1.82) is 10.5 Å². The van der Waals surface area contributed by atoms with Crippen molar-refractivity contribution in [3.63, 3.8) is 0 Å². The van der Waals surface area contributed by atoms with E-state index in [2.05, 4.69) is 97.1 Å². The number of carboxylic acids is 2. The van der Waals surface area contributed by atoms with Crippen molar-refractivity contribution in [3.8, 4) is 29.2 Å². The summed E-state index contributed by atoms with van der Waals surface area (Å²) >= 11 is 0. The number of rotatable bonds is 24. The number of aromatic nitrogens is 18. The first kappa shape index (κ1) is 99.7.